The molecule has 1 aromatic heterocycles. The quantitative estimate of drug-likeness (QED) is 0.410. The Labute approximate surface area is 222 Å². The molecule has 2 aliphatic rings. The molecule has 39 heavy (non-hydrogen) atoms. The van der Waals surface area contributed by atoms with Crippen molar-refractivity contribution >= 4 is 28.8 Å². The number of aliphatic hydroxyl groups is 1. The SMILES string of the molecule is CN1CC[C@H](n2/c(=N/C(N)=O)n(/C=C3\c4ccc(F)cc4COc4cc(F)ccc43)c3ccccc32)[C@@H](O)C1. The Morgan fingerprint density at radius 2 is 1.79 bits per heavy atom. The lowest BCUT2D eigenvalue weighted by Gasteiger charge is -2.34. The Balaban J connectivity index is 1.68. The van der Waals surface area contributed by atoms with Gasteiger partial charge in [-0.2, -0.15) is 4.99 Å². The van der Waals surface area contributed by atoms with Crippen LogP contribution in [0.5, 0.6) is 5.75 Å². The van der Waals surface area contributed by atoms with Crippen LogP contribution in [-0.4, -0.2) is 51.4 Å². The van der Waals surface area contributed by atoms with Crippen molar-refractivity contribution in [1.82, 2.24) is 14.0 Å². The number of β-amino-alcohol motifs (C(OH)–C–C–N with tert-alkyl or cyclic N) is 1. The molecule has 2 atom stereocenters. The summed E-state index contributed by atoms with van der Waals surface area (Å²) in [7, 11) is 1.95. The van der Waals surface area contributed by atoms with Crippen molar-refractivity contribution in [2.24, 2.45) is 10.7 Å². The van der Waals surface area contributed by atoms with Gasteiger partial charge in [0, 0.05) is 42.1 Å². The second-order valence-corrected chi connectivity index (χ2v) is 9.94. The van der Waals surface area contributed by atoms with Crippen molar-refractivity contribution in [2.75, 3.05) is 20.1 Å². The Kier molecular flexibility index (Phi) is 6.28. The first-order valence-electron chi connectivity index (χ1n) is 12.7. The molecule has 0 aliphatic carbocycles. The van der Waals surface area contributed by atoms with Crippen LogP contribution in [0.2, 0.25) is 0 Å². The minimum Gasteiger partial charge on any atom is -0.488 e. The highest BCUT2D eigenvalue weighted by Crippen LogP contribution is 2.38. The molecule has 0 spiro atoms. The Bertz CT molecular complexity index is 1650. The number of hydrogen-bond acceptors (Lipinski definition) is 4. The van der Waals surface area contributed by atoms with Crippen molar-refractivity contribution in [3.8, 4) is 5.75 Å². The number of hydrogen-bond donors (Lipinski definition) is 2. The van der Waals surface area contributed by atoms with Crippen molar-refractivity contribution in [3.63, 3.8) is 0 Å². The number of aromatic nitrogens is 2. The summed E-state index contributed by atoms with van der Waals surface area (Å²) in [5.41, 5.74) is 9.79. The van der Waals surface area contributed by atoms with Crippen molar-refractivity contribution in [1.29, 1.82) is 0 Å². The highest BCUT2D eigenvalue weighted by molar-refractivity contribution is 5.93. The highest BCUT2D eigenvalue weighted by atomic mass is 19.1. The third-order valence-corrected chi connectivity index (χ3v) is 7.36. The number of urea groups is 1. The monoisotopic (exact) mass is 531 g/mol. The molecule has 1 saturated heterocycles. The first-order valence-corrected chi connectivity index (χ1v) is 12.7. The van der Waals surface area contributed by atoms with E-state index in [0.29, 0.717) is 46.5 Å². The number of halogens is 2. The third kappa shape index (κ3) is 4.51. The summed E-state index contributed by atoms with van der Waals surface area (Å²) in [5, 5.41) is 11.1. The molecule has 2 aliphatic heterocycles. The number of benzene rings is 3. The van der Waals surface area contributed by atoms with Crippen LogP contribution >= 0.6 is 0 Å². The fourth-order valence-electron chi connectivity index (χ4n) is 5.59. The topological polar surface area (TPSA) is 98.0 Å². The molecular weight excluding hydrogens is 504 g/mol. The summed E-state index contributed by atoms with van der Waals surface area (Å²) in [6.45, 7) is 1.26. The van der Waals surface area contributed by atoms with E-state index in [1.54, 1.807) is 22.9 Å². The molecule has 200 valence electrons. The predicted molar refractivity (Wildman–Crippen MR) is 143 cm³/mol. The summed E-state index contributed by atoms with van der Waals surface area (Å²) < 4.78 is 37.9. The van der Waals surface area contributed by atoms with Crippen LogP contribution in [0.3, 0.4) is 0 Å². The number of carbonyl (C=O) groups is 1. The molecule has 0 saturated carbocycles. The lowest BCUT2D eigenvalue weighted by atomic mass is 9.95. The molecule has 4 aromatic rings. The van der Waals surface area contributed by atoms with E-state index in [4.69, 9.17) is 10.5 Å². The standard InChI is InChI=1S/C29H27F2N5O3/c1-34-11-10-25(26(37)15-34)36-24-5-3-2-4-23(24)35(29(36)33-28(32)38)14-22-20-8-6-18(30)12-17(20)16-39-27-13-19(31)7-9-21(22)27/h2-9,12-14,25-26,37H,10-11,15-16H2,1H3,(H2,32,38)/b22-14+,33-29+/t25-,26-/m0/s1. The minimum absolute atomic E-state index is 0.0492. The number of rotatable bonds is 2. The molecule has 0 unspecified atom stereocenters. The van der Waals surface area contributed by atoms with Crippen LogP contribution in [-0.2, 0) is 6.61 Å². The Morgan fingerprint density at radius 3 is 2.54 bits per heavy atom. The number of aliphatic hydroxyl groups excluding tert-OH is 1. The van der Waals surface area contributed by atoms with Crippen molar-refractivity contribution in [3.05, 3.63) is 94.6 Å². The van der Waals surface area contributed by atoms with Crippen molar-refractivity contribution in [2.45, 2.75) is 25.2 Å². The number of piperidine rings is 1. The number of likely N-dealkylation sites (N-methyl/N-ethyl adjacent to an activating group) is 1. The number of para-hydroxylation sites is 2. The second-order valence-electron chi connectivity index (χ2n) is 9.94. The van der Waals surface area contributed by atoms with E-state index >= 15 is 0 Å². The van der Waals surface area contributed by atoms with Gasteiger partial charge in [-0.25, -0.2) is 13.6 Å². The Hall–Kier alpha value is -4.28. The fourth-order valence-corrected chi connectivity index (χ4v) is 5.59. The van der Waals surface area contributed by atoms with Crippen LogP contribution in [0.15, 0.2) is 65.7 Å². The molecular formula is C29H27F2N5O3. The number of imidazole rings is 1. The number of amides is 2. The van der Waals surface area contributed by atoms with Crippen LogP contribution in [0.1, 0.15) is 29.2 Å². The maximum Gasteiger partial charge on any atom is 0.341 e. The maximum atomic E-state index is 14.2. The lowest BCUT2D eigenvalue weighted by molar-refractivity contribution is 0.0379. The molecule has 3 N–H and O–H groups in total. The van der Waals surface area contributed by atoms with Gasteiger partial charge in [0.1, 0.15) is 24.0 Å². The van der Waals surface area contributed by atoms with Gasteiger partial charge in [0.05, 0.1) is 23.2 Å². The minimum atomic E-state index is -0.886. The van der Waals surface area contributed by atoms with Gasteiger partial charge in [-0.05, 0) is 55.4 Å². The van der Waals surface area contributed by atoms with E-state index in [9.17, 15) is 18.7 Å². The number of primary amides is 1. The first kappa shape index (κ1) is 25.0. The number of carbonyl (C=O) groups excluding carboxylic acids is 1. The third-order valence-electron chi connectivity index (χ3n) is 7.36. The molecule has 10 heteroatoms. The van der Waals surface area contributed by atoms with Gasteiger partial charge in [-0.15, -0.1) is 0 Å². The smallest absolute Gasteiger partial charge is 0.341 e. The molecule has 1 fully saturated rings. The predicted octanol–water partition coefficient (Wildman–Crippen LogP) is 3.88. The average Bonchev–Trinajstić information content (AvgIpc) is 3.09. The Morgan fingerprint density at radius 1 is 1.08 bits per heavy atom. The van der Waals surface area contributed by atoms with Crippen molar-refractivity contribution < 1.29 is 23.4 Å². The summed E-state index contributed by atoms with van der Waals surface area (Å²) in [6.07, 6.45) is 1.71. The molecule has 0 radical (unpaired) electrons. The molecule has 0 bridgehead atoms. The second kappa shape index (κ2) is 9.79. The average molecular weight is 532 g/mol. The van der Waals surface area contributed by atoms with Gasteiger partial charge in [0.2, 0.25) is 5.62 Å². The fraction of sp³-hybridized carbons (Fsp3) is 0.241. The van der Waals surface area contributed by atoms with Gasteiger partial charge >= 0.3 is 6.03 Å². The van der Waals surface area contributed by atoms with Gasteiger partial charge in [0.25, 0.3) is 0 Å². The molecule has 3 aromatic carbocycles. The zero-order chi connectivity index (χ0) is 27.3. The summed E-state index contributed by atoms with van der Waals surface area (Å²) in [6, 6.07) is 14.9. The van der Waals surface area contributed by atoms with Gasteiger partial charge < -0.3 is 25.0 Å². The van der Waals surface area contributed by atoms with Crippen LogP contribution in [0.25, 0.3) is 22.8 Å². The van der Waals surface area contributed by atoms with E-state index in [2.05, 4.69) is 4.99 Å². The number of nitrogens with zero attached hydrogens (tertiary/aromatic N) is 4. The maximum absolute atomic E-state index is 14.2. The first-order chi connectivity index (χ1) is 18.8. The summed E-state index contributed by atoms with van der Waals surface area (Å²) in [5.74, 6) is -0.574. The number of nitrogens with two attached hydrogens (primary N) is 1. The zero-order valence-corrected chi connectivity index (χ0v) is 21.2. The van der Waals surface area contributed by atoms with Gasteiger partial charge in [-0.1, -0.05) is 18.2 Å². The molecule has 8 nitrogen and oxygen atoms in total. The van der Waals surface area contributed by atoms with Gasteiger partial charge in [-0.3, -0.25) is 4.57 Å². The number of ether oxygens (including phenoxy) is 1. The highest BCUT2D eigenvalue weighted by Gasteiger charge is 2.31. The molecule has 2 amide bonds. The summed E-state index contributed by atoms with van der Waals surface area (Å²) in [4.78, 5) is 18.5. The van der Waals surface area contributed by atoms with Gasteiger partial charge in [0.15, 0.2) is 0 Å². The molecule has 3 heterocycles. The number of fused-ring (bicyclic) bond motifs is 3. The van der Waals surface area contributed by atoms with Crippen LogP contribution < -0.4 is 16.1 Å². The van der Waals surface area contributed by atoms with E-state index in [-0.39, 0.29) is 18.3 Å². The molecule has 6 rings (SSSR count). The van der Waals surface area contributed by atoms with E-state index in [1.807, 2.05) is 40.8 Å². The summed E-state index contributed by atoms with van der Waals surface area (Å²) >= 11 is 0. The largest absolute Gasteiger partial charge is 0.488 e. The van der Waals surface area contributed by atoms with E-state index in [1.165, 1.54) is 24.3 Å². The van der Waals surface area contributed by atoms with E-state index in [0.717, 1.165) is 12.1 Å². The van der Waals surface area contributed by atoms with Crippen LogP contribution in [0.4, 0.5) is 13.6 Å². The zero-order valence-electron chi connectivity index (χ0n) is 21.2. The lowest BCUT2D eigenvalue weighted by Crippen LogP contribution is -2.45. The number of likely N-dealkylation sites (tertiary alicyclic amines) is 1. The van der Waals surface area contributed by atoms with E-state index < -0.39 is 23.8 Å². The van der Waals surface area contributed by atoms with Crippen LogP contribution in [0, 0.1) is 11.6 Å². The normalized spacial score (nSPS) is 20.9.